The molecule has 1 aromatic carbocycles. The molecule has 0 unspecified atom stereocenters. The van der Waals surface area contributed by atoms with Crippen LogP contribution in [0.5, 0.6) is 0 Å². The van der Waals surface area contributed by atoms with E-state index < -0.39 is 0 Å². The third-order valence-electron chi connectivity index (χ3n) is 3.92. The van der Waals surface area contributed by atoms with Crippen molar-refractivity contribution in [3.8, 4) is 0 Å². The van der Waals surface area contributed by atoms with Crippen LogP contribution >= 0.6 is 0 Å². The van der Waals surface area contributed by atoms with Crippen molar-refractivity contribution in [2.45, 2.75) is 25.8 Å². The Kier molecular flexibility index (Phi) is 5.01. The fourth-order valence-electron chi connectivity index (χ4n) is 2.75. The molecule has 1 amide bonds. The molecule has 0 bridgehead atoms. The molecule has 1 fully saturated rings. The summed E-state index contributed by atoms with van der Waals surface area (Å²) in [6.07, 6.45) is 2.51. The third kappa shape index (κ3) is 3.73. The van der Waals surface area contributed by atoms with Gasteiger partial charge in [-0.2, -0.15) is 0 Å². The van der Waals surface area contributed by atoms with Crippen LogP contribution in [0.4, 0.5) is 5.69 Å². The Morgan fingerprint density at radius 3 is 2.35 bits per heavy atom. The quantitative estimate of drug-likeness (QED) is 0.893. The summed E-state index contributed by atoms with van der Waals surface area (Å²) in [6, 6.07) is 8.94. The predicted octanol–water partition coefficient (Wildman–Crippen LogP) is 2.03. The number of hydrogen-bond donors (Lipinski definition) is 1. The van der Waals surface area contributed by atoms with Gasteiger partial charge in [-0.25, -0.2) is 0 Å². The van der Waals surface area contributed by atoms with Crippen molar-refractivity contribution in [1.82, 2.24) is 10.2 Å². The van der Waals surface area contributed by atoms with Gasteiger partial charge in [-0.3, -0.25) is 9.69 Å². The van der Waals surface area contributed by atoms with Gasteiger partial charge in [0.2, 0.25) is 5.91 Å². The lowest BCUT2D eigenvalue weighted by molar-refractivity contribution is -0.119. The molecule has 1 aromatic rings. The van der Waals surface area contributed by atoms with Gasteiger partial charge in [0.05, 0.1) is 6.04 Å². The molecule has 0 aliphatic carbocycles. The Balaban J connectivity index is 2.13. The van der Waals surface area contributed by atoms with Crippen LogP contribution in [0, 0.1) is 0 Å². The second-order valence-electron chi connectivity index (χ2n) is 5.68. The zero-order valence-electron chi connectivity index (χ0n) is 12.7. The summed E-state index contributed by atoms with van der Waals surface area (Å²) in [5.41, 5.74) is 2.49. The average molecular weight is 275 g/mol. The van der Waals surface area contributed by atoms with E-state index in [0.29, 0.717) is 6.54 Å². The standard InChI is InChI=1S/C16H25N3O/c1-13(20)17-12-16(19-10-4-5-11-19)14-6-8-15(9-7-14)18(2)3/h6-9,16H,4-5,10-12H2,1-3H3,(H,17,20)/t16-/m1/s1. The van der Waals surface area contributed by atoms with Crippen molar-refractivity contribution in [1.29, 1.82) is 0 Å². The van der Waals surface area contributed by atoms with Crippen molar-refractivity contribution in [3.63, 3.8) is 0 Å². The number of carbonyl (C=O) groups is 1. The Bertz CT molecular complexity index is 436. The summed E-state index contributed by atoms with van der Waals surface area (Å²) in [6.45, 7) is 4.52. The zero-order valence-corrected chi connectivity index (χ0v) is 12.7. The normalized spacial score (nSPS) is 16.9. The van der Waals surface area contributed by atoms with E-state index in [1.807, 2.05) is 14.1 Å². The Morgan fingerprint density at radius 1 is 1.25 bits per heavy atom. The monoisotopic (exact) mass is 275 g/mol. The molecule has 1 N–H and O–H groups in total. The number of hydrogen-bond acceptors (Lipinski definition) is 3. The molecule has 1 aliphatic rings. The molecular weight excluding hydrogens is 250 g/mol. The lowest BCUT2D eigenvalue weighted by atomic mass is 10.0. The fourth-order valence-corrected chi connectivity index (χ4v) is 2.75. The van der Waals surface area contributed by atoms with Crippen LogP contribution in [0.25, 0.3) is 0 Å². The number of anilines is 1. The first kappa shape index (κ1) is 14.9. The molecule has 1 saturated heterocycles. The minimum absolute atomic E-state index is 0.0408. The Morgan fingerprint density at radius 2 is 1.85 bits per heavy atom. The van der Waals surface area contributed by atoms with Crippen LogP contribution in [0.15, 0.2) is 24.3 Å². The molecular formula is C16H25N3O. The van der Waals surface area contributed by atoms with Gasteiger partial charge in [0.1, 0.15) is 0 Å². The van der Waals surface area contributed by atoms with Crippen molar-refractivity contribution in [2.24, 2.45) is 0 Å². The van der Waals surface area contributed by atoms with Gasteiger partial charge in [0, 0.05) is 33.3 Å². The van der Waals surface area contributed by atoms with Crippen molar-refractivity contribution in [3.05, 3.63) is 29.8 Å². The molecule has 0 spiro atoms. The summed E-state index contributed by atoms with van der Waals surface area (Å²) in [4.78, 5) is 15.8. The number of nitrogens with zero attached hydrogens (tertiary/aromatic N) is 2. The van der Waals surface area contributed by atoms with E-state index in [-0.39, 0.29) is 11.9 Å². The van der Waals surface area contributed by atoms with Gasteiger partial charge in [-0.1, -0.05) is 12.1 Å². The van der Waals surface area contributed by atoms with E-state index in [2.05, 4.69) is 39.4 Å². The highest BCUT2D eigenvalue weighted by atomic mass is 16.1. The maximum Gasteiger partial charge on any atom is 0.216 e. The van der Waals surface area contributed by atoms with Crippen molar-refractivity contribution < 1.29 is 4.79 Å². The lowest BCUT2D eigenvalue weighted by Crippen LogP contribution is -2.35. The first-order valence-corrected chi connectivity index (χ1v) is 7.33. The van der Waals surface area contributed by atoms with Crippen LogP contribution in [0.1, 0.15) is 31.4 Å². The van der Waals surface area contributed by atoms with Gasteiger partial charge in [-0.15, -0.1) is 0 Å². The van der Waals surface area contributed by atoms with Gasteiger partial charge in [-0.05, 0) is 43.6 Å². The maximum absolute atomic E-state index is 11.2. The summed E-state index contributed by atoms with van der Waals surface area (Å²) >= 11 is 0. The Hall–Kier alpha value is -1.55. The van der Waals surface area contributed by atoms with E-state index >= 15 is 0 Å². The number of carbonyl (C=O) groups excluding carboxylic acids is 1. The van der Waals surface area contributed by atoms with Gasteiger partial charge >= 0.3 is 0 Å². The van der Waals surface area contributed by atoms with E-state index in [9.17, 15) is 4.79 Å². The summed E-state index contributed by atoms with van der Waals surface area (Å²) in [5.74, 6) is 0.0408. The van der Waals surface area contributed by atoms with E-state index in [0.717, 1.165) is 13.1 Å². The zero-order chi connectivity index (χ0) is 14.5. The van der Waals surface area contributed by atoms with Crippen LogP contribution in [0.2, 0.25) is 0 Å². The minimum Gasteiger partial charge on any atom is -0.378 e. The first-order valence-electron chi connectivity index (χ1n) is 7.33. The van der Waals surface area contributed by atoms with Crippen molar-refractivity contribution in [2.75, 3.05) is 38.6 Å². The Labute approximate surface area is 121 Å². The molecule has 1 atom stereocenters. The van der Waals surface area contributed by atoms with Crippen LogP contribution in [-0.4, -0.2) is 44.5 Å². The lowest BCUT2D eigenvalue weighted by Gasteiger charge is -2.28. The molecule has 0 aromatic heterocycles. The molecule has 4 heteroatoms. The average Bonchev–Trinajstić information content (AvgIpc) is 2.93. The second kappa shape index (κ2) is 6.75. The number of likely N-dealkylation sites (tertiary alicyclic amines) is 1. The number of rotatable bonds is 5. The van der Waals surface area contributed by atoms with Crippen LogP contribution in [-0.2, 0) is 4.79 Å². The first-order chi connectivity index (χ1) is 9.58. The third-order valence-corrected chi connectivity index (χ3v) is 3.92. The number of nitrogens with one attached hydrogen (secondary N) is 1. The molecule has 4 nitrogen and oxygen atoms in total. The predicted molar refractivity (Wildman–Crippen MR) is 83.0 cm³/mol. The van der Waals surface area contributed by atoms with Gasteiger partial charge in [0.15, 0.2) is 0 Å². The SMILES string of the molecule is CC(=O)NC[C@H](c1ccc(N(C)C)cc1)N1CCCC1. The highest BCUT2D eigenvalue weighted by Gasteiger charge is 2.23. The summed E-state index contributed by atoms with van der Waals surface area (Å²) in [5, 5.41) is 2.97. The topological polar surface area (TPSA) is 35.6 Å². The maximum atomic E-state index is 11.2. The molecule has 1 aliphatic heterocycles. The number of amides is 1. The molecule has 110 valence electrons. The van der Waals surface area contributed by atoms with Gasteiger partial charge in [0.25, 0.3) is 0 Å². The van der Waals surface area contributed by atoms with E-state index in [1.165, 1.54) is 24.1 Å². The smallest absolute Gasteiger partial charge is 0.216 e. The molecule has 0 saturated carbocycles. The largest absolute Gasteiger partial charge is 0.378 e. The van der Waals surface area contributed by atoms with Crippen LogP contribution in [0.3, 0.4) is 0 Å². The van der Waals surface area contributed by atoms with Gasteiger partial charge < -0.3 is 10.2 Å². The molecule has 20 heavy (non-hydrogen) atoms. The van der Waals surface area contributed by atoms with E-state index in [4.69, 9.17) is 0 Å². The molecule has 2 rings (SSSR count). The molecule has 1 heterocycles. The minimum atomic E-state index is 0.0408. The highest BCUT2D eigenvalue weighted by molar-refractivity contribution is 5.72. The van der Waals surface area contributed by atoms with E-state index in [1.54, 1.807) is 6.92 Å². The fraction of sp³-hybridized carbons (Fsp3) is 0.562. The molecule has 0 radical (unpaired) electrons. The summed E-state index contributed by atoms with van der Waals surface area (Å²) < 4.78 is 0. The number of benzene rings is 1. The van der Waals surface area contributed by atoms with Crippen molar-refractivity contribution >= 4 is 11.6 Å². The summed E-state index contributed by atoms with van der Waals surface area (Å²) in [7, 11) is 4.09. The highest BCUT2D eigenvalue weighted by Crippen LogP contribution is 2.26. The second-order valence-corrected chi connectivity index (χ2v) is 5.68. The van der Waals surface area contributed by atoms with Crippen LogP contribution < -0.4 is 10.2 Å².